The fourth-order valence-corrected chi connectivity index (χ4v) is 3.39. The number of hydrogen-bond acceptors (Lipinski definition) is 6. The average molecular weight is 430 g/mol. The van der Waals surface area contributed by atoms with Gasteiger partial charge in [-0.2, -0.15) is 0 Å². The summed E-state index contributed by atoms with van der Waals surface area (Å²) in [6.45, 7) is 4.33. The molecule has 0 bridgehead atoms. The fourth-order valence-electron chi connectivity index (χ4n) is 3.39. The van der Waals surface area contributed by atoms with Crippen LogP contribution in [0.15, 0.2) is 52.3 Å². The third-order valence-electron chi connectivity index (χ3n) is 5.12. The van der Waals surface area contributed by atoms with E-state index in [1.165, 1.54) is 0 Å². The molecule has 0 radical (unpaired) electrons. The number of carbonyl (C=O) groups excluding carboxylic acids is 1. The first-order chi connectivity index (χ1) is 15.2. The van der Waals surface area contributed by atoms with Gasteiger partial charge in [0.2, 0.25) is 0 Å². The summed E-state index contributed by atoms with van der Waals surface area (Å²) in [5.74, 6) is 1.53. The summed E-state index contributed by atoms with van der Waals surface area (Å²) in [4.78, 5) is 22.2. The van der Waals surface area contributed by atoms with Crippen LogP contribution < -0.4 is 10.6 Å². The van der Waals surface area contributed by atoms with Crippen LogP contribution in [-0.2, 0) is 11.2 Å². The van der Waals surface area contributed by atoms with Crippen LogP contribution in [0.1, 0.15) is 37.2 Å². The number of piperidine rings is 1. The fraction of sp³-hybridized carbons (Fsp3) is 0.500. The normalized spacial score (nSPS) is 16.1. The number of guanidine groups is 1. The van der Waals surface area contributed by atoms with Crippen LogP contribution in [0.4, 0.5) is 4.79 Å². The van der Waals surface area contributed by atoms with Crippen molar-refractivity contribution < 1.29 is 19.1 Å². The van der Waals surface area contributed by atoms with E-state index >= 15 is 0 Å². The second kappa shape index (κ2) is 11.9. The van der Waals surface area contributed by atoms with Crippen molar-refractivity contribution in [3.05, 3.63) is 54.2 Å². The third kappa shape index (κ3) is 7.29. The highest BCUT2D eigenvalue weighted by Crippen LogP contribution is 2.13. The SMILES string of the molecule is CCOC(=O)N1CCC(NC(=NCC(O)c2ccncc2)NCCc2ccco2)CC1. The largest absolute Gasteiger partial charge is 0.469 e. The lowest BCUT2D eigenvalue weighted by atomic mass is 10.1. The Balaban J connectivity index is 1.55. The third-order valence-corrected chi connectivity index (χ3v) is 5.12. The van der Waals surface area contributed by atoms with Crippen molar-refractivity contribution in [3.63, 3.8) is 0 Å². The van der Waals surface area contributed by atoms with Gasteiger partial charge in [0.1, 0.15) is 5.76 Å². The van der Waals surface area contributed by atoms with E-state index in [2.05, 4.69) is 20.6 Å². The number of nitrogens with zero attached hydrogens (tertiary/aromatic N) is 3. The molecule has 9 nitrogen and oxygen atoms in total. The summed E-state index contributed by atoms with van der Waals surface area (Å²) >= 11 is 0. The number of furan rings is 1. The summed E-state index contributed by atoms with van der Waals surface area (Å²) in [5, 5.41) is 17.2. The smallest absolute Gasteiger partial charge is 0.409 e. The van der Waals surface area contributed by atoms with Crippen molar-refractivity contribution in [2.45, 2.75) is 38.3 Å². The minimum Gasteiger partial charge on any atom is -0.469 e. The zero-order chi connectivity index (χ0) is 21.9. The van der Waals surface area contributed by atoms with E-state index in [9.17, 15) is 9.90 Å². The maximum absolute atomic E-state index is 11.9. The Hall–Kier alpha value is -3.07. The van der Waals surface area contributed by atoms with Gasteiger partial charge in [0.05, 0.1) is 25.5 Å². The first-order valence-electron chi connectivity index (χ1n) is 10.7. The highest BCUT2D eigenvalue weighted by Gasteiger charge is 2.24. The predicted molar refractivity (Wildman–Crippen MR) is 117 cm³/mol. The number of ether oxygens (including phenoxy) is 1. The molecule has 3 rings (SSSR count). The van der Waals surface area contributed by atoms with Crippen molar-refractivity contribution in [2.24, 2.45) is 4.99 Å². The van der Waals surface area contributed by atoms with E-state index in [-0.39, 0.29) is 18.7 Å². The summed E-state index contributed by atoms with van der Waals surface area (Å²) in [7, 11) is 0. The number of aromatic nitrogens is 1. The Labute approximate surface area is 182 Å². The molecule has 2 aromatic rings. The van der Waals surface area contributed by atoms with Gasteiger partial charge in [0, 0.05) is 44.5 Å². The van der Waals surface area contributed by atoms with E-state index in [1.807, 2.05) is 19.1 Å². The molecule has 1 amide bonds. The van der Waals surface area contributed by atoms with Crippen LogP contribution in [0, 0.1) is 0 Å². The Morgan fingerprint density at radius 2 is 2.13 bits per heavy atom. The standard InChI is InChI=1S/C22H31N5O4/c1-2-30-22(29)27-13-8-18(9-14-27)26-21(24-12-7-19-4-3-15-31-19)25-16-20(28)17-5-10-23-11-6-17/h3-6,10-11,15,18,20,28H,2,7-9,12-14,16H2,1H3,(H2,24,25,26). The number of nitrogens with one attached hydrogen (secondary N) is 2. The van der Waals surface area contributed by atoms with Crippen molar-refractivity contribution in [3.8, 4) is 0 Å². The van der Waals surface area contributed by atoms with Crippen LogP contribution in [-0.4, -0.2) is 65.9 Å². The Morgan fingerprint density at radius 1 is 1.35 bits per heavy atom. The zero-order valence-corrected chi connectivity index (χ0v) is 17.9. The number of hydrogen-bond donors (Lipinski definition) is 3. The van der Waals surface area contributed by atoms with Crippen molar-refractivity contribution in [1.29, 1.82) is 0 Å². The highest BCUT2D eigenvalue weighted by atomic mass is 16.6. The lowest BCUT2D eigenvalue weighted by Gasteiger charge is -2.32. The lowest BCUT2D eigenvalue weighted by Crippen LogP contribution is -2.50. The molecule has 1 fully saturated rings. The topological polar surface area (TPSA) is 112 Å². The van der Waals surface area contributed by atoms with Gasteiger partial charge in [-0.1, -0.05) is 0 Å². The average Bonchev–Trinajstić information content (AvgIpc) is 3.32. The van der Waals surface area contributed by atoms with Crippen LogP contribution in [0.5, 0.6) is 0 Å². The van der Waals surface area contributed by atoms with Crippen LogP contribution in [0.2, 0.25) is 0 Å². The summed E-state index contributed by atoms with van der Waals surface area (Å²) in [6.07, 6.45) is 6.31. The number of pyridine rings is 1. The van der Waals surface area contributed by atoms with Crippen LogP contribution in [0.3, 0.4) is 0 Å². The predicted octanol–water partition coefficient (Wildman–Crippen LogP) is 2.11. The molecule has 0 aliphatic carbocycles. The summed E-state index contributed by atoms with van der Waals surface area (Å²) < 4.78 is 10.5. The molecular formula is C22H31N5O4. The van der Waals surface area contributed by atoms with Crippen molar-refractivity contribution in [2.75, 3.05) is 32.8 Å². The van der Waals surface area contributed by atoms with Crippen molar-refractivity contribution in [1.82, 2.24) is 20.5 Å². The molecule has 1 atom stereocenters. The Bertz CT molecular complexity index is 805. The lowest BCUT2D eigenvalue weighted by molar-refractivity contribution is 0.0963. The van der Waals surface area contributed by atoms with Gasteiger partial charge in [-0.3, -0.25) is 9.98 Å². The Morgan fingerprint density at radius 3 is 2.81 bits per heavy atom. The summed E-state index contributed by atoms with van der Waals surface area (Å²) in [5.41, 5.74) is 0.774. The molecular weight excluding hydrogens is 398 g/mol. The van der Waals surface area contributed by atoms with E-state index in [0.29, 0.717) is 32.2 Å². The monoisotopic (exact) mass is 429 g/mol. The molecule has 0 saturated carbocycles. The van der Waals surface area contributed by atoms with E-state index in [1.54, 1.807) is 35.7 Å². The van der Waals surface area contributed by atoms with Gasteiger partial charge in [-0.25, -0.2) is 4.79 Å². The van der Waals surface area contributed by atoms with E-state index < -0.39 is 6.10 Å². The molecule has 1 aliphatic rings. The molecule has 3 N–H and O–H groups in total. The molecule has 31 heavy (non-hydrogen) atoms. The molecule has 3 heterocycles. The second-order valence-corrected chi connectivity index (χ2v) is 7.35. The molecule has 2 aromatic heterocycles. The van der Waals surface area contributed by atoms with Crippen LogP contribution >= 0.6 is 0 Å². The van der Waals surface area contributed by atoms with Gasteiger partial charge >= 0.3 is 6.09 Å². The molecule has 0 aromatic carbocycles. The van der Waals surface area contributed by atoms with E-state index in [4.69, 9.17) is 9.15 Å². The number of rotatable bonds is 8. The van der Waals surface area contributed by atoms with Gasteiger partial charge in [0.25, 0.3) is 0 Å². The first-order valence-corrected chi connectivity index (χ1v) is 10.7. The number of aliphatic hydroxyl groups is 1. The number of likely N-dealkylation sites (tertiary alicyclic amines) is 1. The minimum absolute atomic E-state index is 0.179. The number of aliphatic imine (C=N–C) groups is 1. The van der Waals surface area contributed by atoms with Crippen molar-refractivity contribution >= 4 is 12.1 Å². The highest BCUT2D eigenvalue weighted by molar-refractivity contribution is 5.80. The minimum atomic E-state index is -0.711. The number of amides is 1. The van der Waals surface area contributed by atoms with Crippen LogP contribution in [0.25, 0.3) is 0 Å². The van der Waals surface area contributed by atoms with Gasteiger partial charge in [0.15, 0.2) is 5.96 Å². The maximum Gasteiger partial charge on any atom is 0.409 e. The maximum atomic E-state index is 11.9. The molecule has 1 unspecified atom stereocenters. The number of carbonyl (C=O) groups is 1. The molecule has 0 spiro atoms. The Kier molecular flexibility index (Phi) is 8.71. The second-order valence-electron chi connectivity index (χ2n) is 7.35. The van der Waals surface area contributed by atoms with Gasteiger partial charge in [-0.05, 0) is 49.6 Å². The first kappa shape index (κ1) is 22.6. The molecule has 168 valence electrons. The van der Waals surface area contributed by atoms with Gasteiger partial charge in [-0.15, -0.1) is 0 Å². The quantitative estimate of drug-likeness (QED) is 0.435. The van der Waals surface area contributed by atoms with E-state index in [0.717, 1.165) is 30.6 Å². The number of aliphatic hydroxyl groups excluding tert-OH is 1. The van der Waals surface area contributed by atoms with Gasteiger partial charge < -0.3 is 29.8 Å². The summed E-state index contributed by atoms with van der Waals surface area (Å²) in [6, 6.07) is 7.54. The molecule has 9 heteroatoms. The molecule has 1 saturated heterocycles. The molecule has 1 aliphatic heterocycles. The zero-order valence-electron chi connectivity index (χ0n) is 17.9.